The molecule has 0 aliphatic heterocycles. The molecular formula is C13H16O3. The molecule has 0 aliphatic rings. The lowest BCUT2D eigenvalue weighted by molar-refractivity contribution is -0.136. The van der Waals surface area contributed by atoms with Crippen molar-refractivity contribution < 1.29 is 14.6 Å². The number of carbonyl (C=O) groups is 1. The molecular weight excluding hydrogens is 204 g/mol. The first-order valence-corrected chi connectivity index (χ1v) is 5.18. The molecule has 0 saturated heterocycles. The van der Waals surface area contributed by atoms with E-state index in [1.54, 1.807) is 6.92 Å². The van der Waals surface area contributed by atoms with E-state index in [1.807, 2.05) is 32.0 Å². The van der Waals surface area contributed by atoms with Crippen molar-refractivity contribution in [2.75, 3.05) is 6.61 Å². The largest absolute Gasteiger partial charge is 0.515 e. The predicted octanol–water partition coefficient (Wildman–Crippen LogP) is 2.77. The summed E-state index contributed by atoms with van der Waals surface area (Å²) in [6.45, 7) is 5.91. The number of ether oxygens (including phenoxy) is 1. The summed E-state index contributed by atoms with van der Waals surface area (Å²) in [6.07, 6.45) is 0.798. The van der Waals surface area contributed by atoms with Crippen molar-refractivity contribution in [3.05, 3.63) is 41.2 Å². The lowest BCUT2D eigenvalue weighted by Crippen LogP contribution is -2.07. The molecule has 1 aromatic rings. The van der Waals surface area contributed by atoms with E-state index < -0.39 is 5.97 Å². The number of rotatable bonds is 3. The highest BCUT2D eigenvalue weighted by Crippen LogP contribution is 2.19. The highest BCUT2D eigenvalue weighted by molar-refractivity contribution is 6.16. The van der Waals surface area contributed by atoms with Crippen molar-refractivity contribution in [3.63, 3.8) is 0 Å². The van der Waals surface area contributed by atoms with Gasteiger partial charge in [0.1, 0.15) is 5.57 Å². The summed E-state index contributed by atoms with van der Waals surface area (Å²) in [5.74, 6) is -0.505. The summed E-state index contributed by atoms with van der Waals surface area (Å²) in [6, 6.07) is 5.68. The van der Waals surface area contributed by atoms with Crippen LogP contribution in [-0.4, -0.2) is 17.7 Å². The molecule has 0 fully saturated rings. The van der Waals surface area contributed by atoms with Gasteiger partial charge in [-0.05, 0) is 26.3 Å². The van der Waals surface area contributed by atoms with E-state index in [0.29, 0.717) is 12.2 Å². The number of carbonyl (C=O) groups excluding carboxylic acids is 1. The van der Waals surface area contributed by atoms with Gasteiger partial charge >= 0.3 is 5.97 Å². The molecule has 0 unspecified atom stereocenters. The van der Waals surface area contributed by atoms with Crippen LogP contribution in [0.2, 0.25) is 0 Å². The first-order valence-electron chi connectivity index (χ1n) is 5.18. The zero-order valence-corrected chi connectivity index (χ0v) is 9.78. The van der Waals surface area contributed by atoms with E-state index in [-0.39, 0.29) is 5.57 Å². The fourth-order valence-corrected chi connectivity index (χ4v) is 1.58. The Morgan fingerprint density at radius 3 is 2.31 bits per heavy atom. The molecule has 0 radical (unpaired) electrons. The number of aryl methyl sites for hydroxylation is 2. The molecule has 0 spiro atoms. The number of esters is 1. The van der Waals surface area contributed by atoms with Gasteiger partial charge in [-0.15, -0.1) is 0 Å². The van der Waals surface area contributed by atoms with E-state index >= 15 is 0 Å². The van der Waals surface area contributed by atoms with Gasteiger partial charge in [-0.1, -0.05) is 29.3 Å². The number of aliphatic hydroxyl groups excluding tert-OH is 1. The van der Waals surface area contributed by atoms with E-state index in [2.05, 4.69) is 0 Å². The van der Waals surface area contributed by atoms with Gasteiger partial charge in [0, 0.05) is 0 Å². The summed E-state index contributed by atoms with van der Waals surface area (Å²) in [5, 5.41) is 9.10. The maximum atomic E-state index is 11.5. The van der Waals surface area contributed by atoms with Crippen LogP contribution in [0.4, 0.5) is 0 Å². The molecule has 1 N–H and O–H groups in total. The van der Waals surface area contributed by atoms with Crippen LogP contribution in [0.25, 0.3) is 5.57 Å². The molecule has 0 aliphatic carbocycles. The smallest absolute Gasteiger partial charge is 0.341 e. The van der Waals surface area contributed by atoms with Crippen molar-refractivity contribution in [2.24, 2.45) is 0 Å². The van der Waals surface area contributed by atoms with Crippen molar-refractivity contribution in [3.8, 4) is 0 Å². The zero-order valence-electron chi connectivity index (χ0n) is 9.78. The summed E-state index contributed by atoms with van der Waals surface area (Å²) in [7, 11) is 0. The number of aliphatic hydroxyl groups is 1. The van der Waals surface area contributed by atoms with Gasteiger partial charge < -0.3 is 9.84 Å². The van der Waals surface area contributed by atoms with Crippen LogP contribution in [0, 0.1) is 13.8 Å². The van der Waals surface area contributed by atoms with E-state index in [0.717, 1.165) is 17.4 Å². The molecule has 0 saturated carbocycles. The SMILES string of the molecule is CCOC(=O)C(=CO)c1cc(C)cc(C)c1. The van der Waals surface area contributed by atoms with Crippen LogP contribution in [0.15, 0.2) is 24.5 Å². The van der Waals surface area contributed by atoms with Crippen LogP contribution in [0.1, 0.15) is 23.6 Å². The molecule has 1 aromatic carbocycles. The molecule has 0 aromatic heterocycles. The summed E-state index contributed by atoms with van der Waals surface area (Å²) >= 11 is 0. The van der Waals surface area contributed by atoms with Crippen molar-refractivity contribution in [1.82, 2.24) is 0 Å². The Bertz CT molecular complexity index is 399. The first kappa shape index (κ1) is 12.3. The molecule has 0 amide bonds. The number of hydrogen-bond acceptors (Lipinski definition) is 3. The van der Waals surface area contributed by atoms with Crippen molar-refractivity contribution >= 4 is 11.5 Å². The summed E-state index contributed by atoms with van der Waals surface area (Å²) in [5.41, 5.74) is 2.95. The van der Waals surface area contributed by atoms with E-state index in [1.165, 1.54) is 0 Å². The van der Waals surface area contributed by atoms with Crippen LogP contribution in [-0.2, 0) is 9.53 Å². The Hall–Kier alpha value is -1.77. The van der Waals surface area contributed by atoms with E-state index in [4.69, 9.17) is 9.84 Å². The average molecular weight is 220 g/mol. The second-order valence-corrected chi connectivity index (χ2v) is 3.64. The summed E-state index contributed by atoms with van der Waals surface area (Å²) < 4.78 is 4.86. The number of benzene rings is 1. The Morgan fingerprint density at radius 2 is 1.88 bits per heavy atom. The lowest BCUT2D eigenvalue weighted by Gasteiger charge is -2.07. The van der Waals surface area contributed by atoms with Gasteiger partial charge in [-0.3, -0.25) is 0 Å². The van der Waals surface area contributed by atoms with Gasteiger partial charge in [-0.25, -0.2) is 4.79 Å². The van der Waals surface area contributed by atoms with E-state index in [9.17, 15) is 4.79 Å². The van der Waals surface area contributed by atoms with Gasteiger partial charge in [0.25, 0.3) is 0 Å². The minimum Gasteiger partial charge on any atom is -0.515 e. The number of hydrogen-bond donors (Lipinski definition) is 1. The molecule has 3 nitrogen and oxygen atoms in total. The highest BCUT2D eigenvalue weighted by atomic mass is 16.5. The first-order chi connectivity index (χ1) is 7.58. The highest BCUT2D eigenvalue weighted by Gasteiger charge is 2.13. The quantitative estimate of drug-likeness (QED) is 0.484. The summed E-state index contributed by atoms with van der Waals surface area (Å²) in [4.78, 5) is 11.5. The third-order valence-electron chi connectivity index (χ3n) is 2.16. The van der Waals surface area contributed by atoms with Gasteiger partial charge in [0.05, 0.1) is 12.9 Å². The molecule has 0 bridgehead atoms. The Labute approximate surface area is 95.4 Å². The molecule has 0 heterocycles. The lowest BCUT2D eigenvalue weighted by atomic mass is 10.0. The van der Waals surface area contributed by atoms with Gasteiger partial charge in [-0.2, -0.15) is 0 Å². The fourth-order valence-electron chi connectivity index (χ4n) is 1.58. The molecule has 86 valence electrons. The van der Waals surface area contributed by atoms with Crippen LogP contribution >= 0.6 is 0 Å². The predicted molar refractivity (Wildman–Crippen MR) is 63.2 cm³/mol. The normalized spacial score (nSPS) is 11.3. The Kier molecular flexibility index (Phi) is 4.11. The second kappa shape index (κ2) is 5.35. The zero-order chi connectivity index (χ0) is 12.1. The van der Waals surface area contributed by atoms with Gasteiger partial charge in [0.2, 0.25) is 0 Å². The third-order valence-corrected chi connectivity index (χ3v) is 2.16. The van der Waals surface area contributed by atoms with Gasteiger partial charge in [0.15, 0.2) is 0 Å². The minimum atomic E-state index is -0.505. The third kappa shape index (κ3) is 2.86. The van der Waals surface area contributed by atoms with Crippen LogP contribution in [0.5, 0.6) is 0 Å². The van der Waals surface area contributed by atoms with Crippen LogP contribution < -0.4 is 0 Å². The maximum Gasteiger partial charge on any atom is 0.341 e. The maximum absolute atomic E-state index is 11.5. The standard InChI is InChI=1S/C13H16O3/c1-4-16-13(15)12(8-14)11-6-9(2)5-10(3)7-11/h5-8,14H,4H2,1-3H3. The molecule has 16 heavy (non-hydrogen) atoms. The van der Waals surface area contributed by atoms with Crippen molar-refractivity contribution in [1.29, 1.82) is 0 Å². The molecule has 3 heteroatoms. The van der Waals surface area contributed by atoms with Crippen molar-refractivity contribution in [2.45, 2.75) is 20.8 Å². The topological polar surface area (TPSA) is 46.5 Å². The molecule has 1 rings (SSSR count). The second-order valence-electron chi connectivity index (χ2n) is 3.64. The monoisotopic (exact) mass is 220 g/mol. The fraction of sp³-hybridized carbons (Fsp3) is 0.308. The Morgan fingerprint density at radius 1 is 1.31 bits per heavy atom. The molecule has 0 atom stereocenters. The minimum absolute atomic E-state index is 0.189. The Balaban J connectivity index is 3.09. The average Bonchev–Trinajstić information content (AvgIpc) is 2.17. The van der Waals surface area contributed by atoms with Crippen LogP contribution in [0.3, 0.4) is 0 Å².